The van der Waals surface area contributed by atoms with E-state index in [1.165, 1.54) is 6.42 Å². The number of rotatable bonds is 7. The molecule has 5 heteroatoms. The molecule has 0 bridgehead atoms. The van der Waals surface area contributed by atoms with E-state index in [1.54, 1.807) is 6.20 Å². The van der Waals surface area contributed by atoms with Crippen LogP contribution in [0.5, 0.6) is 5.88 Å². The van der Waals surface area contributed by atoms with Gasteiger partial charge >= 0.3 is 0 Å². The Morgan fingerprint density at radius 1 is 1.57 bits per heavy atom. The summed E-state index contributed by atoms with van der Waals surface area (Å²) in [5.41, 5.74) is 0.919. The maximum absolute atomic E-state index is 11.9. The van der Waals surface area contributed by atoms with Gasteiger partial charge in [-0.15, -0.1) is 0 Å². The summed E-state index contributed by atoms with van der Waals surface area (Å²) in [5.74, 6) is 1.35. The van der Waals surface area contributed by atoms with E-state index in [2.05, 4.69) is 15.6 Å². The third kappa shape index (κ3) is 5.34. The zero-order valence-corrected chi connectivity index (χ0v) is 12.9. The van der Waals surface area contributed by atoms with Crippen molar-refractivity contribution >= 4 is 5.91 Å². The molecule has 5 nitrogen and oxygen atoms in total. The van der Waals surface area contributed by atoms with Crippen molar-refractivity contribution in [3.8, 4) is 5.88 Å². The van der Waals surface area contributed by atoms with Gasteiger partial charge in [0.15, 0.2) is 0 Å². The van der Waals surface area contributed by atoms with Crippen molar-refractivity contribution in [1.82, 2.24) is 15.6 Å². The Hall–Kier alpha value is -1.62. The van der Waals surface area contributed by atoms with Gasteiger partial charge in [-0.2, -0.15) is 0 Å². The van der Waals surface area contributed by atoms with Crippen molar-refractivity contribution in [2.45, 2.75) is 45.8 Å². The lowest BCUT2D eigenvalue weighted by Crippen LogP contribution is -2.24. The van der Waals surface area contributed by atoms with Gasteiger partial charge in [0.05, 0.1) is 6.10 Å². The number of amides is 1. The molecule has 0 saturated carbocycles. The largest absolute Gasteiger partial charge is 0.475 e. The number of aromatic nitrogens is 1. The van der Waals surface area contributed by atoms with Gasteiger partial charge in [-0.05, 0) is 51.8 Å². The molecule has 0 aromatic carbocycles. The minimum absolute atomic E-state index is 0.0734. The Bertz CT molecular complexity index is 457. The summed E-state index contributed by atoms with van der Waals surface area (Å²) < 4.78 is 5.65. The Morgan fingerprint density at radius 3 is 3.14 bits per heavy atom. The minimum atomic E-state index is 0.0734. The predicted molar refractivity (Wildman–Crippen MR) is 82.1 cm³/mol. The van der Waals surface area contributed by atoms with Gasteiger partial charge in [-0.3, -0.25) is 4.79 Å². The highest BCUT2D eigenvalue weighted by Gasteiger charge is 2.16. The molecule has 1 aliphatic rings. The van der Waals surface area contributed by atoms with E-state index in [-0.39, 0.29) is 12.0 Å². The molecule has 0 aliphatic carbocycles. The molecule has 1 aliphatic heterocycles. The van der Waals surface area contributed by atoms with Crippen molar-refractivity contribution in [2.24, 2.45) is 5.92 Å². The number of nitrogens with zero attached hydrogens (tertiary/aromatic N) is 1. The Morgan fingerprint density at radius 2 is 2.43 bits per heavy atom. The highest BCUT2D eigenvalue weighted by Crippen LogP contribution is 2.16. The molecule has 2 N–H and O–H groups in total. The molecule has 21 heavy (non-hydrogen) atoms. The van der Waals surface area contributed by atoms with Crippen LogP contribution in [-0.4, -0.2) is 30.1 Å². The van der Waals surface area contributed by atoms with E-state index in [0.29, 0.717) is 24.8 Å². The molecule has 2 heterocycles. The van der Waals surface area contributed by atoms with Crippen LogP contribution in [0.3, 0.4) is 0 Å². The number of hydrogen-bond donors (Lipinski definition) is 2. The topological polar surface area (TPSA) is 63.2 Å². The molecule has 1 amide bonds. The number of hydrogen-bond acceptors (Lipinski definition) is 4. The van der Waals surface area contributed by atoms with Crippen LogP contribution in [0, 0.1) is 5.92 Å². The van der Waals surface area contributed by atoms with Crippen LogP contribution in [0.4, 0.5) is 0 Å². The lowest BCUT2D eigenvalue weighted by Gasteiger charge is -2.13. The summed E-state index contributed by atoms with van der Waals surface area (Å²) >= 11 is 0. The average Bonchev–Trinajstić information content (AvgIpc) is 2.97. The van der Waals surface area contributed by atoms with Crippen LogP contribution in [0.25, 0.3) is 0 Å². The molecule has 1 saturated heterocycles. The van der Waals surface area contributed by atoms with Crippen LogP contribution in [0.15, 0.2) is 18.3 Å². The molecule has 0 spiro atoms. The maximum atomic E-state index is 11.9. The first-order valence-corrected chi connectivity index (χ1v) is 7.73. The molecular weight excluding hydrogens is 266 g/mol. The summed E-state index contributed by atoms with van der Waals surface area (Å²) in [5, 5.41) is 6.28. The fourth-order valence-corrected chi connectivity index (χ4v) is 2.47. The second-order valence-electron chi connectivity index (χ2n) is 5.81. The van der Waals surface area contributed by atoms with E-state index >= 15 is 0 Å². The van der Waals surface area contributed by atoms with Crippen molar-refractivity contribution < 1.29 is 9.53 Å². The first-order valence-electron chi connectivity index (χ1n) is 7.73. The van der Waals surface area contributed by atoms with Gasteiger partial charge < -0.3 is 15.4 Å². The number of nitrogens with one attached hydrogen (secondary N) is 2. The SMILES string of the molecule is CC(C)Oc1ncccc1CNC(=O)CCC1CCNC1. The monoisotopic (exact) mass is 291 g/mol. The third-order valence-corrected chi connectivity index (χ3v) is 3.62. The molecule has 1 fully saturated rings. The second kappa shape index (κ2) is 7.98. The van der Waals surface area contributed by atoms with Crippen LogP contribution in [0.1, 0.15) is 38.7 Å². The van der Waals surface area contributed by atoms with Crippen molar-refractivity contribution in [2.75, 3.05) is 13.1 Å². The summed E-state index contributed by atoms with van der Waals surface area (Å²) in [7, 11) is 0. The molecule has 0 radical (unpaired) electrons. The van der Waals surface area contributed by atoms with Crippen LogP contribution in [0.2, 0.25) is 0 Å². The van der Waals surface area contributed by atoms with Gasteiger partial charge in [0.1, 0.15) is 0 Å². The maximum Gasteiger partial charge on any atom is 0.220 e. The number of carbonyl (C=O) groups is 1. The van der Waals surface area contributed by atoms with Crippen molar-refractivity contribution in [1.29, 1.82) is 0 Å². The van der Waals surface area contributed by atoms with E-state index in [4.69, 9.17) is 4.74 Å². The van der Waals surface area contributed by atoms with E-state index in [1.807, 2.05) is 26.0 Å². The zero-order chi connectivity index (χ0) is 15.1. The van der Waals surface area contributed by atoms with Crippen LogP contribution < -0.4 is 15.4 Å². The summed E-state index contributed by atoms with van der Waals surface area (Å²) in [6.07, 6.45) is 4.51. The normalized spacial score (nSPS) is 18.0. The smallest absolute Gasteiger partial charge is 0.220 e. The van der Waals surface area contributed by atoms with E-state index in [9.17, 15) is 4.79 Å². The highest BCUT2D eigenvalue weighted by molar-refractivity contribution is 5.75. The number of ether oxygens (including phenoxy) is 1. The fourth-order valence-electron chi connectivity index (χ4n) is 2.47. The zero-order valence-electron chi connectivity index (χ0n) is 12.9. The molecular formula is C16H25N3O2. The molecule has 1 unspecified atom stereocenters. The Kier molecular flexibility index (Phi) is 5.99. The number of pyridine rings is 1. The van der Waals surface area contributed by atoms with Gasteiger partial charge in [0, 0.05) is 24.7 Å². The Balaban J connectivity index is 1.77. The average molecular weight is 291 g/mol. The van der Waals surface area contributed by atoms with Gasteiger partial charge in [0.25, 0.3) is 0 Å². The first kappa shape index (κ1) is 15.8. The third-order valence-electron chi connectivity index (χ3n) is 3.62. The second-order valence-corrected chi connectivity index (χ2v) is 5.81. The fraction of sp³-hybridized carbons (Fsp3) is 0.625. The van der Waals surface area contributed by atoms with Crippen molar-refractivity contribution in [3.05, 3.63) is 23.9 Å². The lowest BCUT2D eigenvalue weighted by molar-refractivity contribution is -0.121. The van der Waals surface area contributed by atoms with E-state index < -0.39 is 0 Å². The summed E-state index contributed by atoms with van der Waals surface area (Å²) in [6.45, 7) is 6.52. The molecule has 1 aromatic heterocycles. The highest BCUT2D eigenvalue weighted by atomic mass is 16.5. The standard InChI is InChI=1S/C16H25N3O2/c1-12(2)21-16-14(4-3-8-18-16)11-19-15(20)6-5-13-7-9-17-10-13/h3-4,8,12-13,17H,5-7,9-11H2,1-2H3,(H,19,20). The Labute approximate surface area is 126 Å². The minimum Gasteiger partial charge on any atom is -0.475 e. The predicted octanol–water partition coefficient (Wildman–Crippen LogP) is 1.87. The van der Waals surface area contributed by atoms with Gasteiger partial charge in [-0.1, -0.05) is 6.07 Å². The summed E-state index contributed by atoms with van der Waals surface area (Å²) in [4.78, 5) is 16.1. The van der Waals surface area contributed by atoms with Gasteiger partial charge in [-0.25, -0.2) is 4.98 Å². The van der Waals surface area contributed by atoms with Gasteiger partial charge in [0.2, 0.25) is 11.8 Å². The molecule has 1 atom stereocenters. The molecule has 116 valence electrons. The van der Waals surface area contributed by atoms with Crippen LogP contribution >= 0.6 is 0 Å². The lowest BCUT2D eigenvalue weighted by atomic mass is 10.0. The summed E-state index contributed by atoms with van der Waals surface area (Å²) in [6, 6.07) is 3.80. The first-order chi connectivity index (χ1) is 10.1. The molecule has 1 aromatic rings. The quantitative estimate of drug-likeness (QED) is 0.805. The number of carbonyl (C=O) groups excluding carboxylic acids is 1. The van der Waals surface area contributed by atoms with E-state index in [0.717, 1.165) is 25.1 Å². The molecule has 2 rings (SSSR count). The van der Waals surface area contributed by atoms with Crippen LogP contribution in [-0.2, 0) is 11.3 Å². The van der Waals surface area contributed by atoms with Crippen molar-refractivity contribution in [3.63, 3.8) is 0 Å².